The molecule has 11 nitrogen and oxygen atoms in total. The Morgan fingerprint density at radius 1 is 0.717 bits per heavy atom. The van der Waals surface area contributed by atoms with E-state index in [0.717, 1.165) is 38.5 Å². The molecule has 0 bridgehead atoms. The lowest BCUT2D eigenvalue weighted by atomic mass is 10.1. The first kappa shape index (κ1) is 33.7. The minimum atomic E-state index is -0.760. The Hall–Kier alpha value is -3.67. The highest BCUT2D eigenvalue weighted by molar-refractivity contribution is 5.94. The first-order valence-corrected chi connectivity index (χ1v) is 16.5. The maximum absolute atomic E-state index is 13.6. The highest BCUT2D eigenvalue weighted by Gasteiger charge is 2.45. The van der Waals surface area contributed by atoms with Crippen LogP contribution in [0.5, 0.6) is 11.5 Å². The van der Waals surface area contributed by atoms with E-state index in [4.69, 9.17) is 28.4 Å². The number of ether oxygens (including phenoxy) is 6. The van der Waals surface area contributed by atoms with E-state index < -0.39 is 34.3 Å². The predicted octanol–water partition coefficient (Wildman–Crippen LogP) is 6.30. The van der Waals surface area contributed by atoms with Crippen molar-refractivity contribution in [2.24, 2.45) is 0 Å². The molecule has 3 aliphatic rings. The Morgan fingerprint density at radius 2 is 1.28 bits per heavy atom. The summed E-state index contributed by atoms with van der Waals surface area (Å²) in [6.07, 6.45) is 5.73. The van der Waals surface area contributed by atoms with E-state index in [1.807, 2.05) is 0 Å². The molecule has 0 aliphatic carbocycles. The second-order valence-corrected chi connectivity index (χ2v) is 13.2. The molecule has 250 valence electrons. The van der Waals surface area contributed by atoms with Gasteiger partial charge in [0.2, 0.25) is 0 Å². The van der Waals surface area contributed by atoms with Crippen LogP contribution in [0.2, 0.25) is 0 Å². The second kappa shape index (κ2) is 15.3. The number of rotatable bonds is 7. The fourth-order valence-corrected chi connectivity index (χ4v) is 5.76. The summed E-state index contributed by atoms with van der Waals surface area (Å²) < 4.78 is 34.3. The van der Waals surface area contributed by atoms with Gasteiger partial charge in [-0.2, -0.15) is 10.2 Å². The average molecular weight is 640 g/mol. The summed E-state index contributed by atoms with van der Waals surface area (Å²) in [5, 5.41) is 0. The van der Waals surface area contributed by atoms with Crippen molar-refractivity contribution >= 4 is 18.0 Å². The molecule has 0 aromatic heterocycles. The van der Waals surface area contributed by atoms with Gasteiger partial charge in [-0.25, -0.2) is 4.79 Å². The summed E-state index contributed by atoms with van der Waals surface area (Å²) in [5.41, 5.74) is 2.98. The minimum absolute atomic E-state index is 0.201. The Morgan fingerprint density at radius 3 is 1.80 bits per heavy atom. The summed E-state index contributed by atoms with van der Waals surface area (Å²) in [4.78, 5) is 40.2. The molecule has 4 unspecified atom stereocenters. The molecule has 1 N–H and O–H groups in total. The molecule has 11 heteroatoms. The van der Waals surface area contributed by atoms with Gasteiger partial charge in [-0.15, -0.1) is 4.59 Å². The van der Waals surface area contributed by atoms with Gasteiger partial charge in [0.1, 0.15) is 36.3 Å². The third kappa shape index (κ3) is 9.43. The molecular formula is C35H47N2O9+. The smallest absolute Gasteiger partial charge is 0.465 e. The van der Waals surface area contributed by atoms with Gasteiger partial charge in [0.15, 0.2) is 12.6 Å². The number of amides is 2. The fourth-order valence-electron chi connectivity index (χ4n) is 5.76. The third-order valence-corrected chi connectivity index (χ3v) is 8.25. The minimum Gasteiger partial charge on any atom is -0.465 e. The first-order chi connectivity index (χ1) is 22.1. The lowest BCUT2D eigenvalue weighted by Gasteiger charge is -2.34. The standard InChI is InChI=1S/C35H46N2O9/c1-35(2,3)46-34(40)37(36-32(38)25-12-16-28(17-13-25)43-30-10-4-6-23-41-30)21-8-9-27(20-22-37)45-33(39)26-14-18-29(19-15-26)44-31-11-5-7-24-42-31/h12-19,27,30-31H,4-11,20-24H2,1-3H3/p+1. The van der Waals surface area contributed by atoms with Gasteiger partial charge in [0.05, 0.1) is 18.8 Å². The van der Waals surface area contributed by atoms with Crippen LogP contribution in [0.4, 0.5) is 4.79 Å². The number of quaternary nitrogens is 1. The highest BCUT2D eigenvalue weighted by atomic mass is 16.7. The van der Waals surface area contributed by atoms with Crippen molar-refractivity contribution in [2.45, 2.75) is 103 Å². The Bertz CT molecular complexity index is 1310. The molecule has 2 amide bonds. The molecule has 3 heterocycles. The van der Waals surface area contributed by atoms with Gasteiger partial charge in [-0.1, -0.05) is 0 Å². The van der Waals surface area contributed by atoms with Crippen molar-refractivity contribution in [1.29, 1.82) is 0 Å². The zero-order valence-corrected chi connectivity index (χ0v) is 27.2. The first-order valence-electron chi connectivity index (χ1n) is 16.5. The van der Waals surface area contributed by atoms with Crippen LogP contribution in [0, 0.1) is 0 Å². The largest absolute Gasteiger partial charge is 0.541 e. The van der Waals surface area contributed by atoms with Crippen molar-refractivity contribution in [1.82, 2.24) is 5.43 Å². The molecular weight excluding hydrogens is 592 g/mol. The number of carbonyl (C=O) groups excluding carboxylic acids is 3. The molecule has 0 radical (unpaired) electrons. The molecule has 0 saturated carbocycles. The molecule has 0 spiro atoms. The number of carbonyl (C=O) groups is 3. The summed E-state index contributed by atoms with van der Waals surface area (Å²) in [5.74, 6) is 0.378. The van der Waals surface area contributed by atoms with Gasteiger partial charge in [-0.3, -0.25) is 4.79 Å². The number of nitrogens with one attached hydrogen (secondary N) is 1. The zero-order chi connectivity index (χ0) is 32.6. The van der Waals surface area contributed by atoms with Crippen molar-refractivity contribution < 1.29 is 47.4 Å². The molecule has 5 rings (SSSR count). The number of hydrogen-bond donors (Lipinski definition) is 1. The van der Waals surface area contributed by atoms with Gasteiger partial charge in [0.25, 0.3) is 5.91 Å². The van der Waals surface area contributed by atoms with Gasteiger partial charge < -0.3 is 28.4 Å². The SMILES string of the molecule is CC(C)(C)OC(=O)[N+]1(NC(=O)c2ccc(OC3CCCCO3)cc2)CCCC(OC(=O)c2ccc(OC3CCCCO3)cc2)CC1. The van der Waals surface area contributed by atoms with Crippen LogP contribution in [0.25, 0.3) is 0 Å². The number of nitrogens with zero attached hydrogens (tertiary/aromatic N) is 1. The van der Waals surface area contributed by atoms with Gasteiger partial charge in [0, 0.05) is 31.2 Å². The van der Waals surface area contributed by atoms with Crippen molar-refractivity contribution in [3.8, 4) is 11.5 Å². The summed E-state index contributed by atoms with van der Waals surface area (Å²) in [6, 6.07) is 13.6. The monoisotopic (exact) mass is 639 g/mol. The van der Waals surface area contributed by atoms with E-state index >= 15 is 0 Å². The molecule has 4 atom stereocenters. The van der Waals surface area contributed by atoms with Crippen LogP contribution in [0.3, 0.4) is 0 Å². The number of likely N-dealkylation sites (tertiary alicyclic amines) is 1. The third-order valence-electron chi connectivity index (χ3n) is 8.25. The summed E-state index contributed by atoms with van der Waals surface area (Å²) in [7, 11) is 0. The van der Waals surface area contributed by atoms with Crippen LogP contribution < -0.4 is 14.9 Å². The Labute approximate surface area is 271 Å². The maximum atomic E-state index is 13.6. The van der Waals surface area contributed by atoms with Crippen molar-refractivity contribution in [2.75, 3.05) is 26.3 Å². The Kier molecular flexibility index (Phi) is 11.2. The van der Waals surface area contributed by atoms with Crippen LogP contribution in [-0.4, -0.2) is 73.2 Å². The number of hydrogen-bond acceptors (Lipinski definition) is 9. The van der Waals surface area contributed by atoms with Crippen LogP contribution >= 0.6 is 0 Å². The Balaban J connectivity index is 1.21. The topological polar surface area (TPSA) is 119 Å². The number of benzene rings is 2. The highest BCUT2D eigenvalue weighted by Crippen LogP contribution is 2.26. The van der Waals surface area contributed by atoms with Crippen molar-refractivity contribution in [3.05, 3.63) is 59.7 Å². The second-order valence-electron chi connectivity index (χ2n) is 13.2. The normalized spacial score (nSPS) is 25.4. The fraction of sp³-hybridized carbons (Fsp3) is 0.571. The lowest BCUT2D eigenvalue weighted by molar-refractivity contribution is -0.892. The molecule has 3 saturated heterocycles. The van der Waals surface area contributed by atoms with Crippen LogP contribution in [0.1, 0.15) is 99.3 Å². The predicted molar refractivity (Wildman–Crippen MR) is 168 cm³/mol. The molecule has 3 fully saturated rings. The van der Waals surface area contributed by atoms with E-state index in [1.165, 1.54) is 0 Å². The molecule has 2 aromatic rings. The van der Waals surface area contributed by atoms with E-state index in [-0.39, 0.29) is 19.1 Å². The maximum Gasteiger partial charge on any atom is 0.541 e. The molecule has 46 heavy (non-hydrogen) atoms. The van der Waals surface area contributed by atoms with Crippen LogP contribution in [-0.2, 0) is 18.9 Å². The summed E-state index contributed by atoms with van der Waals surface area (Å²) >= 11 is 0. The van der Waals surface area contributed by atoms with E-state index in [9.17, 15) is 14.4 Å². The zero-order valence-electron chi connectivity index (χ0n) is 27.2. The summed E-state index contributed by atoms with van der Waals surface area (Å²) in [6.45, 7) is 7.23. The van der Waals surface area contributed by atoms with Gasteiger partial charge >= 0.3 is 12.1 Å². The molecule has 3 aliphatic heterocycles. The lowest BCUT2D eigenvalue weighted by Crippen LogP contribution is -2.65. The van der Waals surface area contributed by atoms with E-state index in [2.05, 4.69) is 5.43 Å². The van der Waals surface area contributed by atoms with Gasteiger partial charge in [-0.05, 0) is 101 Å². The van der Waals surface area contributed by atoms with Crippen molar-refractivity contribution in [3.63, 3.8) is 0 Å². The average Bonchev–Trinajstić information content (AvgIpc) is 3.24. The van der Waals surface area contributed by atoms with E-state index in [1.54, 1.807) is 69.3 Å². The molecule has 2 aromatic carbocycles. The quantitative estimate of drug-likeness (QED) is 0.275. The van der Waals surface area contributed by atoms with E-state index in [0.29, 0.717) is 61.6 Å². The number of esters is 1. The van der Waals surface area contributed by atoms with Crippen LogP contribution in [0.15, 0.2) is 48.5 Å².